The summed E-state index contributed by atoms with van der Waals surface area (Å²) in [5.41, 5.74) is 2.37. The van der Waals surface area contributed by atoms with Crippen molar-refractivity contribution in [3.8, 4) is 0 Å². The van der Waals surface area contributed by atoms with E-state index in [4.69, 9.17) is 4.98 Å². The molecule has 108 valence electrons. The summed E-state index contributed by atoms with van der Waals surface area (Å²) in [7, 11) is 2.08. The van der Waals surface area contributed by atoms with Crippen LogP contribution < -0.4 is 10.2 Å². The summed E-state index contributed by atoms with van der Waals surface area (Å²) >= 11 is 1.77. The zero-order valence-electron chi connectivity index (χ0n) is 12.6. The van der Waals surface area contributed by atoms with Gasteiger partial charge >= 0.3 is 0 Å². The van der Waals surface area contributed by atoms with E-state index in [1.165, 1.54) is 10.4 Å². The molecule has 1 atom stereocenters. The van der Waals surface area contributed by atoms with E-state index in [-0.39, 0.29) is 0 Å². The fourth-order valence-corrected chi connectivity index (χ4v) is 3.24. The normalized spacial score (nSPS) is 12.4. The molecule has 4 nitrogen and oxygen atoms in total. The maximum Gasteiger partial charge on any atom is 0.185 e. The summed E-state index contributed by atoms with van der Waals surface area (Å²) in [5, 5.41) is 4.52. The molecule has 0 aliphatic heterocycles. The number of nitrogens with zero attached hydrogens (tertiary/aromatic N) is 3. The molecule has 0 saturated heterocycles. The number of thiazole rings is 1. The highest BCUT2D eigenvalue weighted by molar-refractivity contribution is 7.15. The van der Waals surface area contributed by atoms with Gasteiger partial charge < -0.3 is 10.2 Å². The van der Waals surface area contributed by atoms with E-state index in [2.05, 4.69) is 43.0 Å². The van der Waals surface area contributed by atoms with Crippen molar-refractivity contribution in [2.24, 2.45) is 0 Å². The average molecular weight is 290 g/mol. The van der Waals surface area contributed by atoms with Crippen LogP contribution in [-0.2, 0) is 6.54 Å². The van der Waals surface area contributed by atoms with Crippen LogP contribution in [-0.4, -0.2) is 23.6 Å². The number of aromatic nitrogens is 2. The predicted molar refractivity (Wildman–Crippen MR) is 85.3 cm³/mol. The van der Waals surface area contributed by atoms with Gasteiger partial charge in [0.15, 0.2) is 5.13 Å². The van der Waals surface area contributed by atoms with Crippen molar-refractivity contribution in [2.75, 3.05) is 18.5 Å². The van der Waals surface area contributed by atoms with Gasteiger partial charge in [-0.25, -0.2) is 4.98 Å². The Kier molecular flexibility index (Phi) is 5.09. The van der Waals surface area contributed by atoms with E-state index in [1.807, 2.05) is 24.5 Å². The molecule has 0 saturated carbocycles. The molecule has 1 N–H and O–H groups in total. The zero-order valence-corrected chi connectivity index (χ0v) is 13.4. The van der Waals surface area contributed by atoms with Crippen LogP contribution in [0.15, 0.2) is 24.5 Å². The molecule has 1 unspecified atom stereocenters. The van der Waals surface area contributed by atoms with Gasteiger partial charge in [0, 0.05) is 36.9 Å². The fourth-order valence-electron chi connectivity index (χ4n) is 2.19. The number of hydrogen-bond donors (Lipinski definition) is 1. The third-order valence-electron chi connectivity index (χ3n) is 3.22. The van der Waals surface area contributed by atoms with Crippen LogP contribution in [0.25, 0.3) is 0 Å². The summed E-state index contributed by atoms with van der Waals surface area (Å²) in [5.74, 6) is 0. The number of hydrogen-bond acceptors (Lipinski definition) is 5. The van der Waals surface area contributed by atoms with Crippen LogP contribution in [0.2, 0.25) is 0 Å². The lowest BCUT2D eigenvalue weighted by molar-refractivity contribution is 0.603. The molecule has 2 aromatic heterocycles. The zero-order chi connectivity index (χ0) is 14.5. The Balaban J connectivity index is 2.11. The van der Waals surface area contributed by atoms with E-state index in [0.29, 0.717) is 6.04 Å². The Morgan fingerprint density at radius 1 is 1.35 bits per heavy atom. The molecule has 0 aliphatic carbocycles. The van der Waals surface area contributed by atoms with Crippen LogP contribution in [0, 0.1) is 6.92 Å². The van der Waals surface area contributed by atoms with Crippen molar-refractivity contribution < 1.29 is 0 Å². The van der Waals surface area contributed by atoms with Gasteiger partial charge in [-0.1, -0.05) is 6.92 Å². The monoisotopic (exact) mass is 290 g/mol. The molecule has 0 aromatic carbocycles. The molecule has 0 aliphatic rings. The minimum atomic E-state index is 0.362. The summed E-state index contributed by atoms with van der Waals surface area (Å²) in [6, 6.07) is 4.44. The van der Waals surface area contributed by atoms with Gasteiger partial charge in [-0.3, -0.25) is 4.98 Å². The standard InChI is InChI=1S/C15H22N4S/c1-5-17-11(2)14-12(3)18-15(20-14)19(4)10-13-6-8-16-9-7-13/h6-9,11,17H,5,10H2,1-4H3. The van der Waals surface area contributed by atoms with Crippen molar-refractivity contribution in [3.63, 3.8) is 0 Å². The van der Waals surface area contributed by atoms with E-state index >= 15 is 0 Å². The molecule has 20 heavy (non-hydrogen) atoms. The minimum Gasteiger partial charge on any atom is -0.347 e. The Morgan fingerprint density at radius 2 is 2.05 bits per heavy atom. The maximum absolute atomic E-state index is 4.70. The molecule has 0 spiro atoms. The third kappa shape index (κ3) is 3.55. The van der Waals surface area contributed by atoms with Crippen molar-refractivity contribution in [1.82, 2.24) is 15.3 Å². The predicted octanol–water partition coefficient (Wildman–Crippen LogP) is 3.15. The number of nitrogens with one attached hydrogen (secondary N) is 1. The van der Waals surface area contributed by atoms with Gasteiger partial charge in [-0.05, 0) is 38.1 Å². The summed E-state index contributed by atoms with van der Waals surface area (Å²) in [6.45, 7) is 8.23. The third-order valence-corrected chi connectivity index (χ3v) is 4.67. The molecule has 2 aromatic rings. The molecule has 0 radical (unpaired) electrons. The average Bonchev–Trinajstić information content (AvgIpc) is 2.82. The van der Waals surface area contributed by atoms with Gasteiger partial charge in [0.25, 0.3) is 0 Å². The van der Waals surface area contributed by atoms with E-state index in [9.17, 15) is 0 Å². The van der Waals surface area contributed by atoms with Crippen LogP contribution >= 0.6 is 11.3 Å². The quantitative estimate of drug-likeness (QED) is 0.887. The second-order valence-electron chi connectivity index (χ2n) is 4.94. The second kappa shape index (κ2) is 6.81. The van der Waals surface area contributed by atoms with Gasteiger partial charge in [0.1, 0.15) is 0 Å². The van der Waals surface area contributed by atoms with Crippen molar-refractivity contribution in [2.45, 2.75) is 33.4 Å². The lowest BCUT2D eigenvalue weighted by Gasteiger charge is -2.15. The molecule has 0 bridgehead atoms. The Bertz CT molecular complexity index is 538. The highest BCUT2D eigenvalue weighted by Crippen LogP contribution is 2.30. The van der Waals surface area contributed by atoms with Gasteiger partial charge in [0.2, 0.25) is 0 Å². The van der Waals surface area contributed by atoms with Crippen LogP contribution in [0.3, 0.4) is 0 Å². The topological polar surface area (TPSA) is 41.0 Å². The largest absolute Gasteiger partial charge is 0.347 e. The van der Waals surface area contributed by atoms with Crippen LogP contribution in [0.5, 0.6) is 0 Å². The van der Waals surface area contributed by atoms with Gasteiger partial charge in [0.05, 0.1) is 5.69 Å². The first-order valence-electron chi connectivity index (χ1n) is 6.92. The first-order valence-corrected chi connectivity index (χ1v) is 7.74. The molecule has 0 amide bonds. The summed E-state index contributed by atoms with van der Waals surface area (Å²) in [6.07, 6.45) is 3.66. The molecule has 2 rings (SSSR count). The molecular formula is C15H22N4S. The lowest BCUT2D eigenvalue weighted by Crippen LogP contribution is -2.17. The minimum absolute atomic E-state index is 0.362. The first-order chi connectivity index (χ1) is 9.61. The number of aryl methyl sites for hydroxylation is 1. The van der Waals surface area contributed by atoms with Crippen LogP contribution in [0.4, 0.5) is 5.13 Å². The van der Waals surface area contributed by atoms with E-state index in [0.717, 1.165) is 23.9 Å². The van der Waals surface area contributed by atoms with Crippen molar-refractivity contribution in [3.05, 3.63) is 40.7 Å². The molecule has 2 heterocycles. The lowest BCUT2D eigenvalue weighted by atomic mass is 10.2. The highest BCUT2D eigenvalue weighted by atomic mass is 32.1. The van der Waals surface area contributed by atoms with Crippen molar-refractivity contribution >= 4 is 16.5 Å². The van der Waals surface area contributed by atoms with Gasteiger partial charge in [-0.15, -0.1) is 11.3 Å². The van der Waals surface area contributed by atoms with Gasteiger partial charge in [-0.2, -0.15) is 0 Å². The number of pyridine rings is 1. The second-order valence-corrected chi connectivity index (χ2v) is 5.95. The number of anilines is 1. The molecule has 0 fully saturated rings. The Hall–Kier alpha value is -1.46. The Morgan fingerprint density at radius 3 is 2.70 bits per heavy atom. The maximum atomic E-state index is 4.70. The molecular weight excluding hydrogens is 268 g/mol. The SMILES string of the molecule is CCNC(C)c1sc(N(C)Cc2ccncc2)nc1C. The smallest absolute Gasteiger partial charge is 0.185 e. The first kappa shape index (κ1) is 14.9. The Labute approximate surface area is 124 Å². The fraction of sp³-hybridized carbons (Fsp3) is 0.467. The van der Waals surface area contributed by atoms with Crippen molar-refractivity contribution in [1.29, 1.82) is 0 Å². The van der Waals surface area contributed by atoms with E-state index in [1.54, 1.807) is 11.3 Å². The number of rotatable bonds is 6. The molecule has 5 heteroatoms. The summed E-state index contributed by atoms with van der Waals surface area (Å²) in [4.78, 5) is 12.3. The van der Waals surface area contributed by atoms with E-state index < -0.39 is 0 Å². The highest BCUT2D eigenvalue weighted by Gasteiger charge is 2.15. The summed E-state index contributed by atoms with van der Waals surface area (Å²) < 4.78 is 0. The van der Waals surface area contributed by atoms with Crippen LogP contribution in [0.1, 0.15) is 36.0 Å².